The van der Waals surface area contributed by atoms with Crippen LogP contribution in [0.2, 0.25) is 0 Å². The molecule has 4 aromatic rings. The third-order valence-corrected chi connectivity index (χ3v) is 10.5. The molecule has 18 heteroatoms. The number of rotatable bonds is 23. The fourth-order valence-electron chi connectivity index (χ4n) is 6.68. The fraction of sp³-hybridized carbons (Fsp3) is 0.386. The molecule has 7 atom stereocenters. The monoisotopic (exact) mass is 854 g/mol. The number of nitrogens with two attached hydrogens (primary N) is 3. The van der Waals surface area contributed by atoms with Crippen molar-refractivity contribution in [1.29, 1.82) is 0 Å². The van der Waals surface area contributed by atoms with Crippen molar-refractivity contribution in [2.24, 2.45) is 28.1 Å². The minimum absolute atomic E-state index is 0.00286. The van der Waals surface area contributed by atoms with Gasteiger partial charge in [-0.25, -0.2) is 4.79 Å². The molecule has 332 valence electrons. The van der Waals surface area contributed by atoms with Crippen molar-refractivity contribution in [3.63, 3.8) is 0 Å². The molecule has 14 N–H and O–H groups in total. The summed E-state index contributed by atoms with van der Waals surface area (Å²) in [5, 5.41) is 34.1. The molecule has 0 radical (unpaired) electrons. The number of H-pyrrole nitrogens is 1. The zero-order valence-electron chi connectivity index (χ0n) is 35.1. The molecule has 3 aromatic carbocycles. The first-order valence-corrected chi connectivity index (χ1v) is 20.5. The molecule has 1 heterocycles. The topological polar surface area (TPSA) is 309 Å². The number of para-hydroxylation sites is 1. The molecule has 0 aliphatic carbocycles. The average molecular weight is 855 g/mol. The number of carbonyl (C=O) groups excluding carboxylic acids is 5. The van der Waals surface area contributed by atoms with Crippen LogP contribution in [0, 0.1) is 5.92 Å². The Kier molecular flexibility index (Phi) is 17.8. The molecular formula is C44H58N10O8. The molecule has 0 spiro atoms. The number of amides is 5. The normalized spacial score (nSPS) is 14.5. The van der Waals surface area contributed by atoms with E-state index in [1.165, 1.54) is 19.1 Å². The molecule has 5 amide bonds. The highest BCUT2D eigenvalue weighted by molar-refractivity contribution is 5.97. The van der Waals surface area contributed by atoms with Gasteiger partial charge in [0, 0.05) is 42.9 Å². The van der Waals surface area contributed by atoms with Crippen molar-refractivity contribution < 1.29 is 39.0 Å². The van der Waals surface area contributed by atoms with E-state index >= 15 is 0 Å². The maximum Gasteiger partial charge on any atom is 0.326 e. The number of nitrogens with one attached hydrogen (secondary N) is 6. The summed E-state index contributed by atoms with van der Waals surface area (Å²) in [6.07, 6.45) is 2.68. The SMILES string of the molecule is CC[C@H](C)[C@H](NC(=O)[C@H](Cc1ccc(O)cc1)NC(=O)[C@H](Cc1c[nH]c2ccccc12)NC(=O)[C@H](Cc1ccccc1)NC(=O)[C@H](C)NC(=O)[C@@H](N)CCCN=C(N)N)C(=O)O. The zero-order chi connectivity index (χ0) is 45.3. The minimum atomic E-state index is -1.33. The van der Waals surface area contributed by atoms with E-state index in [1.54, 1.807) is 62.5 Å². The summed E-state index contributed by atoms with van der Waals surface area (Å²) in [7, 11) is 0. The van der Waals surface area contributed by atoms with Crippen LogP contribution in [-0.4, -0.2) is 99.5 Å². The van der Waals surface area contributed by atoms with E-state index in [-0.39, 0.29) is 43.9 Å². The second kappa shape index (κ2) is 23.2. The van der Waals surface area contributed by atoms with Crippen LogP contribution in [0.1, 0.15) is 56.7 Å². The van der Waals surface area contributed by atoms with Crippen LogP contribution in [0.5, 0.6) is 5.75 Å². The van der Waals surface area contributed by atoms with Gasteiger partial charge in [-0.3, -0.25) is 29.0 Å². The lowest BCUT2D eigenvalue weighted by Gasteiger charge is -2.27. The molecular weight excluding hydrogens is 797 g/mol. The van der Waals surface area contributed by atoms with Crippen LogP contribution in [0.15, 0.2) is 90.1 Å². The number of aromatic hydroxyl groups is 1. The minimum Gasteiger partial charge on any atom is -0.508 e. The van der Waals surface area contributed by atoms with E-state index in [1.807, 2.05) is 24.3 Å². The zero-order valence-corrected chi connectivity index (χ0v) is 35.1. The van der Waals surface area contributed by atoms with Crippen LogP contribution in [0.25, 0.3) is 10.9 Å². The van der Waals surface area contributed by atoms with Gasteiger partial charge in [0.25, 0.3) is 0 Å². The smallest absolute Gasteiger partial charge is 0.326 e. The van der Waals surface area contributed by atoms with E-state index in [0.29, 0.717) is 29.5 Å². The van der Waals surface area contributed by atoms with Crippen molar-refractivity contribution in [2.45, 2.75) is 95.5 Å². The molecule has 18 nitrogen and oxygen atoms in total. The summed E-state index contributed by atoms with van der Waals surface area (Å²) < 4.78 is 0. The van der Waals surface area contributed by atoms with Crippen LogP contribution >= 0.6 is 0 Å². The van der Waals surface area contributed by atoms with Gasteiger partial charge >= 0.3 is 5.97 Å². The number of hydrogen-bond acceptors (Lipinski definition) is 9. The third kappa shape index (κ3) is 14.4. The molecule has 0 aliphatic heterocycles. The lowest BCUT2D eigenvalue weighted by molar-refractivity contribution is -0.143. The maximum atomic E-state index is 14.5. The number of phenolic OH excluding ortho intramolecular Hbond substituents is 1. The number of aromatic nitrogens is 1. The number of aliphatic carboxylic acids is 1. The number of fused-ring (bicyclic) bond motifs is 1. The molecule has 0 bridgehead atoms. The highest BCUT2D eigenvalue weighted by Gasteiger charge is 2.34. The number of benzene rings is 3. The first-order chi connectivity index (χ1) is 29.6. The third-order valence-electron chi connectivity index (χ3n) is 10.5. The summed E-state index contributed by atoms with van der Waals surface area (Å²) >= 11 is 0. The molecule has 0 fully saturated rings. The summed E-state index contributed by atoms with van der Waals surface area (Å²) in [6, 6.07) is 15.0. The molecule has 1 aromatic heterocycles. The molecule has 0 unspecified atom stereocenters. The Balaban J connectivity index is 1.63. The fourth-order valence-corrected chi connectivity index (χ4v) is 6.68. The van der Waals surface area contributed by atoms with Crippen LogP contribution in [0.4, 0.5) is 0 Å². The van der Waals surface area contributed by atoms with E-state index < -0.39 is 77.7 Å². The van der Waals surface area contributed by atoms with Gasteiger partial charge in [0.2, 0.25) is 29.5 Å². The van der Waals surface area contributed by atoms with Crippen LogP contribution in [0.3, 0.4) is 0 Å². The Hall–Kier alpha value is -6.95. The van der Waals surface area contributed by atoms with Crippen LogP contribution < -0.4 is 43.8 Å². The second-order valence-electron chi connectivity index (χ2n) is 15.3. The number of phenols is 1. The molecule has 0 saturated heterocycles. The Labute approximate surface area is 359 Å². The molecule has 0 saturated carbocycles. The first-order valence-electron chi connectivity index (χ1n) is 20.5. The number of guanidine groups is 1. The lowest BCUT2D eigenvalue weighted by Crippen LogP contribution is -2.60. The van der Waals surface area contributed by atoms with Crippen molar-refractivity contribution >= 4 is 52.4 Å². The van der Waals surface area contributed by atoms with Gasteiger partial charge < -0.3 is 59.0 Å². The van der Waals surface area contributed by atoms with Gasteiger partial charge in [0.05, 0.1) is 6.04 Å². The number of nitrogens with zero attached hydrogens (tertiary/aromatic N) is 1. The number of carboxylic acids is 1. The maximum absolute atomic E-state index is 14.5. The van der Waals surface area contributed by atoms with Gasteiger partial charge in [-0.15, -0.1) is 0 Å². The van der Waals surface area contributed by atoms with Crippen molar-refractivity contribution in [3.8, 4) is 5.75 Å². The Morgan fingerprint density at radius 2 is 1.24 bits per heavy atom. The van der Waals surface area contributed by atoms with Gasteiger partial charge in [-0.05, 0) is 60.6 Å². The average Bonchev–Trinajstić information content (AvgIpc) is 3.66. The Morgan fingerprint density at radius 1 is 0.694 bits per heavy atom. The van der Waals surface area contributed by atoms with Gasteiger partial charge in [-0.2, -0.15) is 0 Å². The quantitative estimate of drug-likeness (QED) is 0.0282. The summed E-state index contributed by atoms with van der Waals surface area (Å²) in [4.78, 5) is 88.5. The summed E-state index contributed by atoms with van der Waals surface area (Å²) in [5.41, 5.74) is 19.4. The number of carbonyl (C=O) groups is 6. The van der Waals surface area contributed by atoms with Gasteiger partial charge in [0.15, 0.2) is 5.96 Å². The Bertz CT molecular complexity index is 2170. The van der Waals surface area contributed by atoms with Crippen molar-refractivity contribution in [2.75, 3.05) is 6.54 Å². The number of aliphatic imine (C=N–C) groups is 1. The highest BCUT2D eigenvalue weighted by atomic mass is 16.4. The highest BCUT2D eigenvalue weighted by Crippen LogP contribution is 2.20. The van der Waals surface area contributed by atoms with E-state index in [2.05, 4.69) is 36.6 Å². The second-order valence-corrected chi connectivity index (χ2v) is 15.3. The number of carboxylic acid groups (broad SMARTS) is 1. The van der Waals surface area contributed by atoms with Crippen LogP contribution in [-0.2, 0) is 48.0 Å². The molecule has 62 heavy (non-hydrogen) atoms. The van der Waals surface area contributed by atoms with E-state index in [9.17, 15) is 39.0 Å². The lowest BCUT2D eigenvalue weighted by atomic mass is 9.97. The predicted octanol–water partition coefficient (Wildman–Crippen LogP) is 0.857. The van der Waals surface area contributed by atoms with Crippen molar-refractivity contribution in [1.82, 2.24) is 31.6 Å². The van der Waals surface area contributed by atoms with E-state index in [4.69, 9.17) is 17.2 Å². The summed E-state index contributed by atoms with van der Waals surface area (Å²) in [5.74, 6) is -5.35. The van der Waals surface area contributed by atoms with E-state index in [0.717, 1.165) is 10.9 Å². The summed E-state index contributed by atoms with van der Waals surface area (Å²) in [6.45, 7) is 5.19. The predicted molar refractivity (Wildman–Crippen MR) is 234 cm³/mol. The van der Waals surface area contributed by atoms with Crippen molar-refractivity contribution in [3.05, 3.63) is 102 Å². The van der Waals surface area contributed by atoms with Gasteiger partial charge in [-0.1, -0.05) is 80.9 Å². The molecule has 0 aliphatic rings. The molecule has 4 rings (SSSR count). The Morgan fingerprint density at radius 3 is 1.84 bits per heavy atom. The number of hydrogen-bond donors (Lipinski definition) is 11. The largest absolute Gasteiger partial charge is 0.508 e. The first kappa shape index (κ1) is 47.7. The standard InChI is InChI=1S/C44H58N10O8/c1-4-25(2)37(43(61)62)54-42(60)35(22-28-16-18-30(55)19-17-28)52-41(59)36(23-29-24-49-33-15-9-8-13-31(29)33)53-40(58)34(21-27-11-6-5-7-12-27)51-38(56)26(3)50-39(57)32(45)14-10-20-48-44(46)47/h5-9,11-13,15-19,24-26,32,34-37,49,55H,4,10,14,20-23,45H2,1-3H3,(H,50,57)(H,51,56)(H,52,59)(H,53,58)(H,54,60)(H,61,62)(H4,46,47,48)/t25-,26-,32-,34-,35-,36-,37-/m0/s1. The number of aromatic amines is 1. The van der Waals surface area contributed by atoms with Gasteiger partial charge in [0.1, 0.15) is 36.0 Å².